The minimum Gasteiger partial charge on any atom is -0.380 e. The Hall–Kier alpha value is -0.120. The van der Waals surface area contributed by atoms with Crippen molar-refractivity contribution in [2.45, 2.75) is 39.2 Å². The molecule has 0 aromatic heterocycles. The number of nitrogens with two attached hydrogens (primary N) is 1. The van der Waals surface area contributed by atoms with Crippen LogP contribution in [-0.4, -0.2) is 44.3 Å². The average Bonchev–Trinajstić information content (AvgIpc) is 2.24. The largest absolute Gasteiger partial charge is 0.380 e. The molecule has 0 radical (unpaired) electrons. The van der Waals surface area contributed by atoms with Crippen molar-refractivity contribution in [2.24, 2.45) is 17.6 Å². The Morgan fingerprint density at radius 1 is 1.38 bits per heavy atom. The van der Waals surface area contributed by atoms with Crippen LogP contribution in [-0.2, 0) is 4.74 Å². The first kappa shape index (κ1) is 13.9. The van der Waals surface area contributed by atoms with E-state index in [0.717, 1.165) is 32.2 Å². The lowest BCUT2D eigenvalue weighted by Gasteiger charge is -2.35. The fourth-order valence-corrected chi connectivity index (χ4v) is 2.59. The second-order valence-electron chi connectivity index (χ2n) is 5.30. The van der Waals surface area contributed by atoms with Gasteiger partial charge >= 0.3 is 0 Å². The second kappa shape index (κ2) is 7.25. The summed E-state index contributed by atoms with van der Waals surface area (Å²) in [6.07, 6.45) is 3.80. The van der Waals surface area contributed by atoms with Crippen LogP contribution in [0.4, 0.5) is 0 Å². The molecule has 1 rings (SSSR count). The van der Waals surface area contributed by atoms with Gasteiger partial charge in [0.05, 0.1) is 6.61 Å². The van der Waals surface area contributed by atoms with E-state index in [1.807, 2.05) is 6.92 Å². The summed E-state index contributed by atoms with van der Waals surface area (Å²) in [6.45, 7) is 8.18. The molecule has 1 aliphatic rings. The maximum atomic E-state index is 6.19. The van der Waals surface area contributed by atoms with Gasteiger partial charge in [0.1, 0.15) is 0 Å². The zero-order valence-corrected chi connectivity index (χ0v) is 11.1. The van der Waals surface area contributed by atoms with Gasteiger partial charge in [-0.3, -0.25) is 0 Å². The van der Waals surface area contributed by atoms with E-state index in [0.29, 0.717) is 12.0 Å². The zero-order valence-electron chi connectivity index (χ0n) is 11.1. The van der Waals surface area contributed by atoms with Crippen LogP contribution in [0.1, 0.15) is 33.1 Å². The SMILES string of the molecule is CCOCCN(C)CC1CC(C)CCC1N. The molecule has 2 N–H and O–H groups in total. The number of rotatable bonds is 6. The molecule has 3 unspecified atom stereocenters. The van der Waals surface area contributed by atoms with Crippen LogP contribution >= 0.6 is 0 Å². The van der Waals surface area contributed by atoms with Crippen molar-refractivity contribution >= 4 is 0 Å². The summed E-state index contributed by atoms with van der Waals surface area (Å²) in [5, 5.41) is 0. The summed E-state index contributed by atoms with van der Waals surface area (Å²) in [7, 11) is 2.17. The van der Waals surface area contributed by atoms with Crippen molar-refractivity contribution in [1.29, 1.82) is 0 Å². The highest BCUT2D eigenvalue weighted by molar-refractivity contribution is 4.82. The van der Waals surface area contributed by atoms with Crippen molar-refractivity contribution in [3.63, 3.8) is 0 Å². The number of hydrogen-bond acceptors (Lipinski definition) is 3. The number of hydrogen-bond donors (Lipinski definition) is 1. The predicted octanol–water partition coefficient (Wildman–Crippen LogP) is 1.72. The minimum absolute atomic E-state index is 0.408. The highest BCUT2D eigenvalue weighted by Crippen LogP contribution is 2.28. The van der Waals surface area contributed by atoms with E-state index in [4.69, 9.17) is 10.5 Å². The Morgan fingerprint density at radius 3 is 2.81 bits per heavy atom. The summed E-state index contributed by atoms with van der Waals surface area (Å²) in [5.41, 5.74) is 6.19. The molecule has 3 heteroatoms. The molecule has 0 aromatic carbocycles. The van der Waals surface area contributed by atoms with E-state index in [1.54, 1.807) is 0 Å². The van der Waals surface area contributed by atoms with Gasteiger partial charge < -0.3 is 15.4 Å². The minimum atomic E-state index is 0.408. The van der Waals surface area contributed by atoms with Gasteiger partial charge in [-0.05, 0) is 45.1 Å². The maximum absolute atomic E-state index is 6.19. The van der Waals surface area contributed by atoms with Gasteiger partial charge in [-0.2, -0.15) is 0 Å². The van der Waals surface area contributed by atoms with Gasteiger partial charge in [0.15, 0.2) is 0 Å². The van der Waals surface area contributed by atoms with E-state index < -0.39 is 0 Å². The molecule has 0 amide bonds. The Labute approximate surface area is 100 Å². The van der Waals surface area contributed by atoms with Crippen molar-refractivity contribution in [3.8, 4) is 0 Å². The quantitative estimate of drug-likeness (QED) is 0.704. The Kier molecular flexibility index (Phi) is 6.32. The number of likely N-dealkylation sites (N-methyl/N-ethyl adjacent to an activating group) is 1. The Bertz CT molecular complexity index is 187. The summed E-state index contributed by atoms with van der Waals surface area (Å²) in [4.78, 5) is 2.36. The van der Waals surface area contributed by atoms with Crippen LogP contribution in [0.2, 0.25) is 0 Å². The van der Waals surface area contributed by atoms with Crippen LogP contribution in [0.3, 0.4) is 0 Å². The molecule has 0 spiro atoms. The zero-order chi connectivity index (χ0) is 12.0. The lowest BCUT2D eigenvalue weighted by molar-refractivity contribution is 0.107. The van der Waals surface area contributed by atoms with Crippen LogP contribution in [0.25, 0.3) is 0 Å². The molecule has 0 bridgehead atoms. The second-order valence-corrected chi connectivity index (χ2v) is 5.30. The van der Waals surface area contributed by atoms with Crippen LogP contribution in [0, 0.1) is 11.8 Å². The third-order valence-corrected chi connectivity index (χ3v) is 3.67. The number of nitrogens with zero attached hydrogens (tertiary/aromatic N) is 1. The summed E-state index contributed by atoms with van der Waals surface area (Å²) < 4.78 is 5.37. The van der Waals surface area contributed by atoms with Gasteiger partial charge in [0.2, 0.25) is 0 Å². The molecule has 3 atom stereocenters. The predicted molar refractivity (Wildman–Crippen MR) is 68.5 cm³/mol. The maximum Gasteiger partial charge on any atom is 0.0593 e. The van der Waals surface area contributed by atoms with E-state index >= 15 is 0 Å². The van der Waals surface area contributed by atoms with E-state index in [-0.39, 0.29) is 0 Å². The van der Waals surface area contributed by atoms with Crippen LogP contribution < -0.4 is 5.73 Å². The third kappa shape index (κ3) is 4.81. The molecule has 0 aromatic rings. The molecule has 16 heavy (non-hydrogen) atoms. The lowest BCUT2D eigenvalue weighted by Crippen LogP contribution is -2.42. The lowest BCUT2D eigenvalue weighted by atomic mass is 9.79. The summed E-state index contributed by atoms with van der Waals surface area (Å²) in [5.74, 6) is 1.53. The molecule has 0 heterocycles. The smallest absolute Gasteiger partial charge is 0.0593 e. The first-order valence-corrected chi connectivity index (χ1v) is 6.65. The van der Waals surface area contributed by atoms with Gasteiger partial charge in [-0.15, -0.1) is 0 Å². The molecule has 0 saturated heterocycles. The third-order valence-electron chi connectivity index (χ3n) is 3.67. The highest BCUT2D eigenvalue weighted by atomic mass is 16.5. The van der Waals surface area contributed by atoms with E-state index in [1.165, 1.54) is 19.3 Å². The molecule has 0 aliphatic heterocycles. The van der Waals surface area contributed by atoms with Crippen LogP contribution in [0.15, 0.2) is 0 Å². The van der Waals surface area contributed by atoms with E-state index in [2.05, 4.69) is 18.9 Å². The Morgan fingerprint density at radius 2 is 2.12 bits per heavy atom. The summed E-state index contributed by atoms with van der Waals surface area (Å²) in [6, 6.07) is 0.408. The molecule has 3 nitrogen and oxygen atoms in total. The highest BCUT2D eigenvalue weighted by Gasteiger charge is 2.26. The first-order valence-electron chi connectivity index (χ1n) is 6.65. The Balaban J connectivity index is 2.23. The molecule has 1 saturated carbocycles. The standard InChI is InChI=1S/C13H28N2O/c1-4-16-8-7-15(3)10-12-9-11(2)5-6-13(12)14/h11-13H,4-10,14H2,1-3H3. The molecular formula is C13H28N2O. The van der Waals surface area contributed by atoms with Gasteiger partial charge in [-0.1, -0.05) is 6.92 Å². The summed E-state index contributed by atoms with van der Waals surface area (Å²) >= 11 is 0. The van der Waals surface area contributed by atoms with Crippen molar-refractivity contribution in [2.75, 3.05) is 33.4 Å². The molecule has 96 valence electrons. The van der Waals surface area contributed by atoms with Crippen molar-refractivity contribution in [1.82, 2.24) is 4.90 Å². The molecule has 1 fully saturated rings. The van der Waals surface area contributed by atoms with Crippen molar-refractivity contribution in [3.05, 3.63) is 0 Å². The monoisotopic (exact) mass is 228 g/mol. The molecule has 1 aliphatic carbocycles. The van der Waals surface area contributed by atoms with Gasteiger partial charge in [-0.25, -0.2) is 0 Å². The van der Waals surface area contributed by atoms with E-state index in [9.17, 15) is 0 Å². The topological polar surface area (TPSA) is 38.5 Å². The fourth-order valence-electron chi connectivity index (χ4n) is 2.59. The fraction of sp³-hybridized carbons (Fsp3) is 1.00. The van der Waals surface area contributed by atoms with Crippen molar-refractivity contribution < 1.29 is 4.74 Å². The first-order chi connectivity index (χ1) is 7.63. The molecular weight excluding hydrogens is 200 g/mol. The normalized spacial score (nSPS) is 30.9. The average molecular weight is 228 g/mol. The van der Waals surface area contributed by atoms with Gasteiger partial charge in [0, 0.05) is 25.7 Å². The van der Waals surface area contributed by atoms with Crippen LogP contribution in [0.5, 0.6) is 0 Å². The van der Waals surface area contributed by atoms with Gasteiger partial charge in [0.25, 0.3) is 0 Å². The number of ether oxygens (including phenoxy) is 1.